The molecule has 2 heterocycles. The predicted molar refractivity (Wildman–Crippen MR) is 109 cm³/mol. The first-order chi connectivity index (χ1) is 16.2. The van der Waals surface area contributed by atoms with Gasteiger partial charge in [-0.1, -0.05) is 13.0 Å². The molecule has 0 saturated carbocycles. The molecule has 0 spiro atoms. The Hall–Kier alpha value is -3.48. The molecule has 4 atom stereocenters. The number of hydrogen-bond acceptors (Lipinski definition) is 5. The number of halogens is 5. The standard InChI is InChI=1S/C22H22F5N3O5/c1-4-34-17-12(5-6-13(23)16(17)24)15-10(2)21(3,22(25,26)27)35-18(15)20(32)29-11-7-8-30(33)14(9-11)19(28)31/h5-10,15,18,33H,4H2,1-3H3,(H2,28,31)/t10-,15+,18+,21-/m1/s1. The number of benzene rings is 1. The Kier molecular flexibility index (Phi) is 6.93. The molecule has 0 radical (unpaired) electrons. The third-order valence-corrected chi connectivity index (χ3v) is 6.05. The van der Waals surface area contributed by atoms with Gasteiger partial charge in [0.1, 0.15) is 11.8 Å². The number of nitrogens with zero attached hydrogens (tertiary/aromatic N) is 2. The Labute approximate surface area is 195 Å². The van der Waals surface area contributed by atoms with Crippen molar-refractivity contribution in [2.75, 3.05) is 6.61 Å². The number of carbonyl (C=O) groups excluding carboxylic acids is 2. The van der Waals surface area contributed by atoms with Gasteiger partial charge in [-0.05, 0) is 32.0 Å². The summed E-state index contributed by atoms with van der Waals surface area (Å²) in [7, 11) is 0. The molecule has 0 unspecified atom stereocenters. The number of nitrogens with two attached hydrogens (primary N) is 1. The van der Waals surface area contributed by atoms with E-state index in [2.05, 4.69) is 4.99 Å². The van der Waals surface area contributed by atoms with Crippen molar-refractivity contribution >= 4 is 11.8 Å². The first kappa shape index (κ1) is 26.1. The Morgan fingerprint density at radius 3 is 2.51 bits per heavy atom. The average Bonchev–Trinajstić information content (AvgIpc) is 3.05. The van der Waals surface area contributed by atoms with Crippen LogP contribution in [0.3, 0.4) is 0 Å². The summed E-state index contributed by atoms with van der Waals surface area (Å²) in [5.41, 5.74) is 1.65. The summed E-state index contributed by atoms with van der Waals surface area (Å²) >= 11 is 0. The van der Waals surface area contributed by atoms with Crippen molar-refractivity contribution in [3.8, 4) is 5.75 Å². The lowest BCUT2D eigenvalue weighted by Gasteiger charge is -2.32. The Bertz CT molecular complexity index is 1230. The minimum absolute atomic E-state index is 0.129. The van der Waals surface area contributed by atoms with Crippen LogP contribution in [0.2, 0.25) is 0 Å². The molecule has 35 heavy (non-hydrogen) atoms. The largest absolute Gasteiger partial charge is 0.490 e. The molecule has 0 aliphatic carbocycles. The van der Waals surface area contributed by atoms with Crippen LogP contribution in [-0.2, 0) is 9.53 Å². The Balaban J connectivity index is 2.19. The molecule has 2 amide bonds. The third kappa shape index (κ3) is 4.59. The van der Waals surface area contributed by atoms with E-state index in [1.165, 1.54) is 13.8 Å². The van der Waals surface area contributed by atoms with Crippen LogP contribution < -0.4 is 15.8 Å². The number of hydrogen-bond donors (Lipinski definition) is 2. The van der Waals surface area contributed by atoms with Gasteiger partial charge in [-0.25, -0.2) is 9.38 Å². The van der Waals surface area contributed by atoms with Gasteiger partial charge in [0.05, 0.1) is 12.0 Å². The zero-order chi connectivity index (χ0) is 26.3. The molecule has 13 heteroatoms. The predicted octanol–water partition coefficient (Wildman–Crippen LogP) is 3.07. The van der Waals surface area contributed by atoms with E-state index in [9.17, 15) is 36.7 Å². The molecule has 1 aromatic heterocycles. The molecule has 190 valence electrons. The van der Waals surface area contributed by atoms with Gasteiger partial charge in [-0.3, -0.25) is 9.59 Å². The van der Waals surface area contributed by atoms with Crippen LogP contribution >= 0.6 is 0 Å². The summed E-state index contributed by atoms with van der Waals surface area (Å²) < 4.78 is 81.3. The molecule has 1 aliphatic rings. The maximum Gasteiger partial charge on any atom is 0.417 e. The van der Waals surface area contributed by atoms with E-state index in [1.807, 2.05) is 0 Å². The number of aromatic nitrogens is 1. The van der Waals surface area contributed by atoms with E-state index in [0.29, 0.717) is 4.73 Å². The molecule has 0 bridgehead atoms. The van der Waals surface area contributed by atoms with Gasteiger partial charge in [0.15, 0.2) is 17.2 Å². The lowest BCUT2D eigenvalue weighted by atomic mass is 9.77. The van der Waals surface area contributed by atoms with Gasteiger partial charge in [0.2, 0.25) is 5.82 Å². The minimum atomic E-state index is -4.93. The molecule has 8 nitrogen and oxygen atoms in total. The quantitative estimate of drug-likeness (QED) is 0.481. The highest BCUT2D eigenvalue weighted by Gasteiger charge is 2.65. The van der Waals surface area contributed by atoms with Crippen LogP contribution in [0.4, 0.5) is 22.0 Å². The van der Waals surface area contributed by atoms with E-state index in [1.54, 1.807) is 0 Å². The minimum Gasteiger partial charge on any atom is -0.490 e. The van der Waals surface area contributed by atoms with Crippen molar-refractivity contribution in [2.24, 2.45) is 16.6 Å². The second-order valence-electron chi connectivity index (χ2n) is 8.10. The van der Waals surface area contributed by atoms with Crippen molar-refractivity contribution in [3.05, 3.63) is 58.7 Å². The zero-order valence-corrected chi connectivity index (χ0v) is 18.8. The first-order valence-electron chi connectivity index (χ1n) is 10.4. The van der Waals surface area contributed by atoms with E-state index < -0.39 is 64.6 Å². The molecule has 2 aromatic rings. The van der Waals surface area contributed by atoms with Gasteiger partial charge < -0.3 is 20.4 Å². The van der Waals surface area contributed by atoms with E-state index in [-0.39, 0.29) is 17.5 Å². The fourth-order valence-electron chi connectivity index (χ4n) is 4.04. The number of primary amides is 1. The number of carbonyl (C=O) groups is 2. The van der Waals surface area contributed by atoms with Crippen molar-refractivity contribution in [1.82, 2.24) is 4.73 Å². The summed E-state index contributed by atoms with van der Waals surface area (Å²) in [6.45, 7) is 3.26. The molecule has 1 fully saturated rings. The lowest BCUT2D eigenvalue weighted by Crippen LogP contribution is -2.47. The smallest absolute Gasteiger partial charge is 0.417 e. The summed E-state index contributed by atoms with van der Waals surface area (Å²) in [5.74, 6) is -8.46. The van der Waals surface area contributed by atoms with Crippen LogP contribution in [0.5, 0.6) is 5.75 Å². The number of ether oxygens (including phenoxy) is 2. The van der Waals surface area contributed by atoms with E-state index >= 15 is 0 Å². The molecule has 3 N–H and O–H groups in total. The molecular weight excluding hydrogens is 481 g/mol. The zero-order valence-electron chi connectivity index (χ0n) is 18.8. The maximum atomic E-state index is 14.5. The fourth-order valence-corrected chi connectivity index (χ4v) is 4.04. The molecule has 3 rings (SSSR count). The van der Waals surface area contributed by atoms with Crippen molar-refractivity contribution in [2.45, 2.75) is 44.6 Å². The van der Waals surface area contributed by atoms with Crippen LogP contribution in [0, 0.1) is 17.6 Å². The summed E-state index contributed by atoms with van der Waals surface area (Å²) in [4.78, 5) is 28.3. The number of pyridine rings is 1. The highest BCUT2D eigenvalue weighted by atomic mass is 19.4. The van der Waals surface area contributed by atoms with Crippen LogP contribution in [-0.4, -0.2) is 46.2 Å². The highest BCUT2D eigenvalue weighted by molar-refractivity contribution is 5.91. The number of rotatable bonds is 5. The Morgan fingerprint density at radius 2 is 1.94 bits per heavy atom. The molecule has 1 aliphatic heterocycles. The van der Waals surface area contributed by atoms with Crippen LogP contribution in [0.25, 0.3) is 0 Å². The lowest BCUT2D eigenvalue weighted by molar-refractivity contribution is -0.272. The molecular formula is C22H22F5N3O5. The van der Waals surface area contributed by atoms with Crippen molar-refractivity contribution in [3.63, 3.8) is 0 Å². The SMILES string of the molecule is CCOc1c([C@H]2[C@@H](C(=O)N=c3ccn(O)c(C(N)=O)c3)O[C@@](C)(C(F)(F)F)[C@@H]2C)ccc(F)c1F. The first-order valence-corrected chi connectivity index (χ1v) is 10.4. The average molecular weight is 503 g/mol. The topological polar surface area (TPSA) is 116 Å². The van der Waals surface area contributed by atoms with Gasteiger partial charge in [-0.2, -0.15) is 22.3 Å². The summed E-state index contributed by atoms with van der Waals surface area (Å²) in [5, 5.41) is 9.42. The van der Waals surface area contributed by atoms with E-state index in [4.69, 9.17) is 15.2 Å². The normalized spacial score (nSPS) is 25.0. The maximum absolute atomic E-state index is 14.5. The van der Waals surface area contributed by atoms with Gasteiger partial charge in [0.25, 0.3) is 11.8 Å². The van der Waals surface area contributed by atoms with Crippen molar-refractivity contribution in [1.29, 1.82) is 0 Å². The Morgan fingerprint density at radius 1 is 1.29 bits per heavy atom. The molecule has 1 saturated heterocycles. The van der Waals surface area contributed by atoms with Gasteiger partial charge in [0, 0.05) is 23.6 Å². The van der Waals surface area contributed by atoms with Crippen LogP contribution in [0.1, 0.15) is 42.7 Å². The van der Waals surface area contributed by atoms with Crippen LogP contribution in [0.15, 0.2) is 35.5 Å². The van der Waals surface area contributed by atoms with Gasteiger partial charge in [-0.15, -0.1) is 0 Å². The second kappa shape index (κ2) is 9.29. The number of alkyl halides is 3. The monoisotopic (exact) mass is 503 g/mol. The highest BCUT2D eigenvalue weighted by Crippen LogP contribution is 2.55. The summed E-state index contributed by atoms with van der Waals surface area (Å²) in [6.07, 6.45) is -5.86. The van der Waals surface area contributed by atoms with Gasteiger partial charge >= 0.3 is 6.18 Å². The molecule has 1 aromatic carbocycles. The van der Waals surface area contributed by atoms with Crippen molar-refractivity contribution < 1.29 is 46.2 Å². The third-order valence-electron chi connectivity index (χ3n) is 6.05. The second-order valence-corrected chi connectivity index (χ2v) is 8.10. The number of amides is 2. The van der Waals surface area contributed by atoms with E-state index in [0.717, 1.165) is 37.4 Å². The fraction of sp³-hybridized carbons (Fsp3) is 0.409. The summed E-state index contributed by atoms with van der Waals surface area (Å²) in [6, 6.07) is 3.81.